The van der Waals surface area contributed by atoms with Gasteiger partial charge < -0.3 is 15.0 Å². The SMILES string of the molecule is CCn1ccnc(NC(C)(CC)CO)c1=O. The van der Waals surface area contributed by atoms with Crippen LogP contribution in [0.3, 0.4) is 0 Å². The average Bonchev–Trinajstić information content (AvgIpc) is 2.32. The van der Waals surface area contributed by atoms with Crippen molar-refractivity contribution in [2.75, 3.05) is 11.9 Å². The minimum Gasteiger partial charge on any atom is -0.394 e. The monoisotopic (exact) mass is 225 g/mol. The summed E-state index contributed by atoms with van der Waals surface area (Å²) in [4.78, 5) is 15.9. The fraction of sp³-hybridized carbons (Fsp3) is 0.636. The van der Waals surface area contributed by atoms with Gasteiger partial charge in [0.05, 0.1) is 12.1 Å². The van der Waals surface area contributed by atoms with E-state index in [1.165, 1.54) is 0 Å². The standard InChI is InChI=1S/C11H19N3O2/c1-4-11(3,8-15)13-9-10(16)14(5-2)7-6-12-9/h6-7,15H,4-5,8H2,1-3H3,(H,12,13). The molecule has 0 saturated carbocycles. The van der Waals surface area contributed by atoms with Crippen LogP contribution in [0, 0.1) is 0 Å². The van der Waals surface area contributed by atoms with E-state index in [0.29, 0.717) is 18.8 Å². The number of aromatic nitrogens is 2. The van der Waals surface area contributed by atoms with Crippen molar-refractivity contribution in [2.45, 2.75) is 39.3 Å². The lowest BCUT2D eigenvalue weighted by Gasteiger charge is -2.27. The third kappa shape index (κ3) is 2.61. The molecule has 0 radical (unpaired) electrons. The van der Waals surface area contributed by atoms with Crippen molar-refractivity contribution in [3.8, 4) is 0 Å². The van der Waals surface area contributed by atoms with Crippen molar-refractivity contribution in [1.82, 2.24) is 9.55 Å². The maximum absolute atomic E-state index is 11.9. The molecule has 0 aliphatic heterocycles. The Labute approximate surface area is 95.1 Å². The zero-order valence-corrected chi connectivity index (χ0v) is 10.0. The van der Waals surface area contributed by atoms with Gasteiger partial charge in [-0.2, -0.15) is 0 Å². The molecular formula is C11H19N3O2. The summed E-state index contributed by atoms with van der Waals surface area (Å²) in [6, 6.07) is 0. The van der Waals surface area contributed by atoms with Crippen LogP contribution in [-0.4, -0.2) is 26.8 Å². The van der Waals surface area contributed by atoms with E-state index in [1.807, 2.05) is 20.8 Å². The third-order valence-corrected chi connectivity index (χ3v) is 2.80. The molecule has 1 rings (SSSR count). The molecule has 1 atom stereocenters. The molecule has 0 aromatic carbocycles. The number of aliphatic hydroxyl groups excluding tert-OH is 1. The van der Waals surface area contributed by atoms with Gasteiger partial charge in [-0.1, -0.05) is 6.92 Å². The molecule has 0 saturated heterocycles. The Kier molecular flexibility index (Phi) is 4.06. The van der Waals surface area contributed by atoms with Gasteiger partial charge in [0.15, 0.2) is 5.82 Å². The molecule has 5 heteroatoms. The van der Waals surface area contributed by atoms with Gasteiger partial charge in [0.1, 0.15) is 0 Å². The number of hydrogen-bond acceptors (Lipinski definition) is 4. The van der Waals surface area contributed by atoms with E-state index in [9.17, 15) is 9.90 Å². The summed E-state index contributed by atoms with van der Waals surface area (Å²) in [6.45, 7) is 6.28. The first-order chi connectivity index (χ1) is 7.56. The molecule has 90 valence electrons. The fourth-order valence-electron chi connectivity index (χ4n) is 1.31. The van der Waals surface area contributed by atoms with Crippen molar-refractivity contribution in [3.05, 3.63) is 22.7 Å². The van der Waals surface area contributed by atoms with Gasteiger partial charge in [0.2, 0.25) is 0 Å². The molecule has 2 N–H and O–H groups in total. The van der Waals surface area contributed by atoms with Crippen molar-refractivity contribution in [3.63, 3.8) is 0 Å². The Morgan fingerprint density at radius 3 is 2.75 bits per heavy atom. The fourth-order valence-corrected chi connectivity index (χ4v) is 1.31. The van der Waals surface area contributed by atoms with Crippen LogP contribution in [-0.2, 0) is 6.54 Å². The summed E-state index contributed by atoms with van der Waals surface area (Å²) in [5.74, 6) is 0.294. The summed E-state index contributed by atoms with van der Waals surface area (Å²) in [7, 11) is 0. The van der Waals surface area contributed by atoms with E-state index in [-0.39, 0.29) is 12.2 Å². The minimum atomic E-state index is -0.501. The Morgan fingerprint density at radius 2 is 2.25 bits per heavy atom. The quantitative estimate of drug-likeness (QED) is 0.779. The molecule has 1 aromatic heterocycles. The van der Waals surface area contributed by atoms with Crippen LogP contribution in [0.1, 0.15) is 27.2 Å². The lowest BCUT2D eigenvalue weighted by Crippen LogP contribution is -2.41. The second kappa shape index (κ2) is 5.12. The Morgan fingerprint density at radius 1 is 1.56 bits per heavy atom. The number of nitrogens with zero attached hydrogens (tertiary/aromatic N) is 2. The smallest absolute Gasteiger partial charge is 0.293 e. The van der Waals surface area contributed by atoms with E-state index in [1.54, 1.807) is 17.0 Å². The van der Waals surface area contributed by atoms with Crippen LogP contribution in [0.25, 0.3) is 0 Å². The molecule has 1 aromatic rings. The third-order valence-electron chi connectivity index (χ3n) is 2.80. The second-order valence-electron chi connectivity index (χ2n) is 4.06. The van der Waals surface area contributed by atoms with Crippen molar-refractivity contribution >= 4 is 5.82 Å². The van der Waals surface area contributed by atoms with E-state index in [2.05, 4.69) is 10.3 Å². The number of aliphatic hydroxyl groups is 1. The number of rotatable bonds is 5. The van der Waals surface area contributed by atoms with Crippen LogP contribution in [0.5, 0.6) is 0 Å². The van der Waals surface area contributed by atoms with Crippen LogP contribution in [0.2, 0.25) is 0 Å². The zero-order chi connectivity index (χ0) is 12.2. The van der Waals surface area contributed by atoms with Crippen LogP contribution in [0.4, 0.5) is 5.82 Å². The van der Waals surface area contributed by atoms with Crippen LogP contribution < -0.4 is 10.9 Å². The van der Waals surface area contributed by atoms with E-state index < -0.39 is 5.54 Å². The van der Waals surface area contributed by atoms with Crippen molar-refractivity contribution in [2.24, 2.45) is 0 Å². The van der Waals surface area contributed by atoms with Gasteiger partial charge >= 0.3 is 0 Å². The number of aryl methyl sites for hydroxylation is 1. The molecule has 0 aliphatic carbocycles. The van der Waals surface area contributed by atoms with E-state index in [4.69, 9.17) is 0 Å². The summed E-state index contributed by atoms with van der Waals surface area (Å²) in [5.41, 5.74) is -0.655. The molecule has 0 bridgehead atoms. The predicted octanol–water partition coefficient (Wildman–Crippen LogP) is 0.836. The first-order valence-corrected chi connectivity index (χ1v) is 5.50. The molecule has 1 heterocycles. The minimum absolute atomic E-state index is 0.0361. The van der Waals surface area contributed by atoms with Gasteiger partial charge in [-0.05, 0) is 20.3 Å². The number of hydrogen-bond donors (Lipinski definition) is 2. The molecule has 0 aliphatic rings. The number of anilines is 1. The normalized spacial score (nSPS) is 14.5. The number of nitrogens with one attached hydrogen (secondary N) is 1. The highest BCUT2D eigenvalue weighted by molar-refractivity contribution is 5.34. The molecule has 1 unspecified atom stereocenters. The van der Waals surface area contributed by atoms with Crippen molar-refractivity contribution < 1.29 is 5.11 Å². The summed E-state index contributed by atoms with van der Waals surface area (Å²) >= 11 is 0. The van der Waals surface area contributed by atoms with Gasteiger partial charge in [0.25, 0.3) is 5.56 Å². The van der Waals surface area contributed by atoms with Gasteiger partial charge in [0, 0.05) is 18.9 Å². The topological polar surface area (TPSA) is 67.2 Å². The highest BCUT2D eigenvalue weighted by atomic mass is 16.3. The highest BCUT2D eigenvalue weighted by Crippen LogP contribution is 2.13. The van der Waals surface area contributed by atoms with Crippen LogP contribution >= 0.6 is 0 Å². The largest absolute Gasteiger partial charge is 0.394 e. The van der Waals surface area contributed by atoms with Gasteiger partial charge in [-0.3, -0.25) is 4.79 Å². The first kappa shape index (κ1) is 12.7. The molecule has 0 amide bonds. The Hall–Kier alpha value is -1.36. The predicted molar refractivity (Wildman–Crippen MR) is 63.6 cm³/mol. The van der Waals surface area contributed by atoms with Crippen LogP contribution in [0.15, 0.2) is 17.2 Å². The summed E-state index contributed by atoms with van der Waals surface area (Å²) in [5, 5.41) is 12.3. The Bertz CT molecular complexity index is 396. The highest BCUT2D eigenvalue weighted by Gasteiger charge is 2.22. The second-order valence-corrected chi connectivity index (χ2v) is 4.06. The van der Waals surface area contributed by atoms with E-state index in [0.717, 1.165) is 0 Å². The molecule has 5 nitrogen and oxygen atoms in total. The average molecular weight is 225 g/mol. The molecule has 16 heavy (non-hydrogen) atoms. The lowest BCUT2D eigenvalue weighted by atomic mass is 10.0. The van der Waals surface area contributed by atoms with E-state index >= 15 is 0 Å². The first-order valence-electron chi connectivity index (χ1n) is 5.50. The van der Waals surface area contributed by atoms with Crippen molar-refractivity contribution in [1.29, 1.82) is 0 Å². The molecule has 0 spiro atoms. The molecule has 0 fully saturated rings. The maximum atomic E-state index is 11.9. The summed E-state index contributed by atoms with van der Waals surface area (Å²) in [6.07, 6.45) is 3.95. The summed E-state index contributed by atoms with van der Waals surface area (Å²) < 4.78 is 1.57. The maximum Gasteiger partial charge on any atom is 0.293 e. The Balaban J connectivity index is 3.02. The van der Waals surface area contributed by atoms with Gasteiger partial charge in [-0.15, -0.1) is 0 Å². The lowest BCUT2D eigenvalue weighted by molar-refractivity contribution is 0.218. The molecular weight excluding hydrogens is 206 g/mol. The zero-order valence-electron chi connectivity index (χ0n) is 10.0. The van der Waals surface area contributed by atoms with Gasteiger partial charge in [-0.25, -0.2) is 4.98 Å².